The summed E-state index contributed by atoms with van der Waals surface area (Å²) in [6.45, 7) is 5.62. The van der Waals surface area contributed by atoms with E-state index in [1.54, 1.807) is 0 Å². The maximum atomic E-state index is 14.9. The third-order valence-electron chi connectivity index (χ3n) is 23.5. The van der Waals surface area contributed by atoms with Crippen molar-refractivity contribution >= 4 is 31.7 Å². The van der Waals surface area contributed by atoms with E-state index in [0.717, 1.165) is 122 Å². The zero-order valence-electron chi connectivity index (χ0n) is 74.0. The summed E-state index contributed by atoms with van der Waals surface area (Å²) in [5.41, 5.74) is 0. The van der Waals surface area contributed by atoms with Crippen molar-refractivity contribution in [3.8, 4) is 0 Å². The normalized spacial score (nSPS) is 24.9. The Morgan fingerprint density at radius 3 is 1.02 bits per heavy atom. The highest BCUT2D eigenvalue weighted by Gasteiger charge is 2.60. The number of hydrogen-bond donors (Lipinski definition) is 10. The van der Waals surface area contributed by atoms with Crippen LogP contribution in [0.1, 0.15) is 419 Å². The molecule has 2 aliphatic heterocycles. The number of rotatable bonds is 78. The summed E-state index contributed by atoms with van der Waals surface area (Å²) < 4.78 is 73.5. The highest BCUT2D eigenvalue weighted by molar-refractivity contribution is 7.47. The molecular formula is C92H171O25P. The van der Waals surface area contributed by atoms with E-state index in [-0.39, 0.29) is 25.7 Å². The number of unbranched alkanes of at least 4 members (excludes halogenated alkanes) is 52. The minimum atomic E-state index is -5.81. The van der Waals surface area contributed by atoms with Crippen LogP contribution in [-0.4, -0.2) is 205 Å². The van der Waals surface area contributed by atoms with Gasteiger partial charge in [0.25, 0.3) is 0 Å². The molecule has 2 saturated heterocycles. The molecule has 18 unspecified atom stereocenters. The fraction of sp³-hybridized carbons (Fsp3) is 0.935. The fourth-order valence-corrected chi connectivity index (χ4v) is 16.9. The molecular weight excluding hydrogens is 1540 g/mol. The first-order valence-electron chi connectivity index (χ1n) is 47.9. The summed E-state index contributed by atoms with van der Waals surface area (Å²) >= 11 is 0. The topological polar surface area (TPSA) is 380 Å². The van der Waals surface area contributed by atoms with Gasteiger partial charge in [0.05, 0.1) is 13.2 Å². The van der Waals surface area contributed by atoms with Crippen LogP contribution >= 0.6 is 7.82 Å². The van der Waals surface area contributed by atoms with Crippen LogP contribution in [0.3, 0.4) is 0 Å². The van der Waals surface area contributed by atoms with Gasteiger partial charge in [0.1, 0.15) is 92.6 Å². The number of esters is 4. The van der Waals surface area contributed by atoms with E-state index in [0.29, 0.717) is 38.5 Å². The van der Waals surface area contributed by atoms with Crippen LogP contribution in [0.4, 0.5) is 0 Å². The number of allylic oxidation sites excluding steroid dienone is 2. The SMILES string of the molecule is CCCCCCCC/C=C\CCCCCC(=O)OCC1OC(OC2C(OC(=O)CCCCCCCCCCCCCCCCC)C(O)C(O)C(OC3OC(CO)C(O)C(O)C3O)C2OP(=O)(O)OCC(COC(=O)CCCCCCCCCCCCCCCCC)OC(=O)CCCCCCCCCCCCCCCCCC)C(O)C(O)C1O. The second-order valence-electron chi connectivity index (χ2n) is 34.2. The summed E-state index contributed by atoms with van der Waals surface area (Å²) in [5.74, 6) is -2.96. The second kappa shape index (κ2) is 71.4. The van der Waals surface area contributed by atoms with E-state index >= 15 is 0 Å². The first-order valence-corrected chi connectivity index (χ1v) is 49.4. The lowest BCUT2D eigenvalue weighted by atomic mass is 9.84. The number of phosphoric acid groups is 1. The van der Waals surface area contributed by atoms with E-state index in [9.17, 15) is 74.6 Å². The minimum Gasteiger partial charge on any atom is -0.463 e. The zero-order chi connectivity index (χ0) is 86.1. The van der Waals surface area contributed by atoms with Crippen LogP contribution in [0.5, 0.6) is 0 Å². The lowest BCUT2D eigenvalue weighted by Gasteiger charge is -2.50. The highest BCUT2D eigenvalue weighted by atomic mass is 31.2. The molecule has 0 radical (unpaired) electrons. The van der Waals surface area contributed by atoms with E-state index in [1.807, 2.05) is 0 Å². The molecule has 0 bridgehead atoms. The summed E-state index contributed by atoms with van der Waals surface area (Å²) in [5, 5.41) is 102. The van der Waals surface area contributed by atoms with Gasteiger partial charge >= 0.3 is 31.7 Å². The molecule has 25 nitrogen and oxygen atoms in total. The predicted octanol–water partition coefficient (Wildman–Crippen LogP) is 17.9. The summed E-state index contributed by atoms with van der Waals surface area (Å²) in [6.07, 6.45) is 30.5. The molecule has 2 heterocycles. The molecule has 0 aromatic carbocycles. The maximum Gasteiger partial charge on any atom is 0.472 e. The van der Waals surface area contributed by atoms with E-state index < -0.39 is 162 Å². The van der Waals surface area contributed by atoms with Crippen LogP contribution in [0.2, 0.25) is 0 Å². The maximum absolute atomic E-state index is 14.9. The molecule has 694 valence electrons. The van der Waals surface area contributed by atoms with Gasteiger partial charge in [0, 0.05) is 25.7 Å². The van der Waals surface area contributed by atoms with Gasteiger partial charge < -0.3 is 88.7 Å². The standard InChI is InChI=1S/C92H171O25P/c1-5-9-13-17-21-25-29-33-36-39-43-46-50-54-58-62-66-77(96)111-72(69-108-75(94)64-60-56-52-48-45-41-37-34-30-26-22-18-14-10-6-2)70-110-118(106,107)117-90-88(115-91-85(104)81(100)79(98)73(68-93)112-91)84(103)83(102)87(114-78(97)67-63-59-55-51-47-42-38-35-31-27-23-19-15-11-7-3)89(90)116-92-86(105)82(101)80(99)74(113-92)71-109-76(95)65-61-57-53-49-44-40-32-28-24-20-16-12-8-4/h40,44,72-74,79-93,98-105H,5-39,41-43,45-71H2,1-4H3,(H,106,107)/b44-40-. The third kappa shape index (κ3) is 51.0. The van der Waals surface area contributed by atoms with Gasteiger partial charge in [-0.3, -0.25) is 28.2 Å². The van der Waals surface area contributed by atoms with Gasteiger partial charge in [-0.25, -0.2) is 4.57 Å². The monoisotopic (exact) mass is 1710 g/mol. The average Bonchev–Trinajstić information content (AvgIpc) is 0.755. The van der Waals surface area contributed by atoms with Crippen molar-refractivity contribution in [2.75, 3.05) is 26.4 Å². The van der Waals surface area contributed by atoms with Crippen molar-refractivity contribution in [2.45, 2.75) is 524 Å². The zero-order valence-corrected chi connectivity index (χ0v) is 74.9. The summed E-state index contributed by atoms with van der Waals surface area (Å²) in [6, 6.07) is 0. The minimum absolute atomic E-state index is 0.00419. The lowest BCUT2D eigenvalue weighted by molar-refractivity contribution is -0.360. The first kappa shape index (κ1) is 109. The second-order valence-corrected chi connectivity index (χ2v) is 35.6. The van der Waals surface area contributed by atoms with E-state index in [1.165, 1.54) is 205 Å². The predicted molar refractivity (Wildman–Crippen MR) is 458 cm³/mol. The summed E-state index contributed by atoms with van der Waals surface area (Å²) in [7, 11) is -5.81. The molecule has 0 aromatic rings. The number of hydrogen-bond acceptors (Lipinski definition) is 24. The first-order chi connectivity index (χ1) is 57.2. The van der Waals surface area contributed by atoms with Crippen LogP contribution in [-0.2, 0) is 70.7 Å². The molecule has 1 aliphatic carbocycles. The molecule has 0 aromatic heterocycles. The molecule has 26 heteroatoms. The molecule has 3 fully saturated rings. The molecule has 0 amide bonds. The Hall–Kier alpha value is -2.79. The van der Waals surface area contributed by atoms with Crippen molar-refractivity contribution in [2.24, 2.45) is 0 Å². The quantitative estimate of drug-likeness (QED) is 0.00889. The molecule has 0 spiro atoms. The van der Waals surface area contributed by atoms with Crippen LogP contribution in [0, 0.1) is 0 Å². The van der Waals surface area contributed by atoms with Crippen LogP contribution in [0.15, 0.2) is 12.2 Å². The largest absolute Gasteiger partial charge is 0.472 e. The highest BCUT2D eigenvalue weighted by Crippen LogP contribution is 2.49. The van der Waals surface area contributed by atoms with Gasteiger partial charge in [0.15, 0.2) is 24.8 Å². The third-order valence-corrected chi connectivity index (χ3v) is 24.5. The van der Waals surface area contributed by atoms with E-state index in [4.69, 9.17) is 46.9 Å². The Kier molecular flexibility index (Phi) is 66.2. The Labute approximate surface area is 712 Å². The van der Waals surface area contributed by atoms with Crippen LogP contribution in [0.25, 0.3) is 0 Å². The number of ether oxygens (including phenoxy) is 8. The van der Waals surface area contributed by atoms with Crippen molar-refractivity contribution in [3.63, 3.8) is 0 Å². The number of phosphoric ester groups is 1. The van der Waals surface area contributed by atoms with Gasteiger partial charge in [-0.1, -0.05) is 354 Å². The molecule has 10 N–H and O–H groups in total. The van der Waals surface area contributed by atoms with Crippen molar-refractivity contribution < 1.29 is 122 Å². The smallest absolute Gasteiger partial charge is 0.463 e. The number of aliphatic hydroxyl groups excluding tert-OH is 9. The lowest BCUT2D eigenvalue weighted by Crippen LogP contribution is -2.70. The number of aliphatic hydroxyl groups is 9. The molecule has 1 saturated carbocycles. The van der Waals surface area contributed by atoms with Gasteiger partial charge in [-0.15, -0.1) is 0 Å². The van der Waals surface area contributed by atoms with Crippen molar-refractivity contribution in [1.29, 1.82) is 0 Å². The molecule has 18 atom stereocenters. The Morgan fingerprint density at radius 1 is 0.331 bits per heavy atom. The van der Waals surface area contributed by atoms with E-state index in [2.05, 4.69) is 39.8 Å². The Morgan fingerprint density at radius 2 is 0.636 bits per heavy atom. The number of carbonyl (C=O) groups excluding carboxylic acids is 4. The van der Waals surface area contributed by atoms with Gasteiger partial charge in [0.2, 0.25) is 0 Å². The molecule has 3 rings (SSSR count). The molecule has 118 heavy (non-hydrogen) atoms. The Bertz CT molecular complexity index is 2500. The van der Waals surface area contributed by atoms with Crippen molar-refractivity contribution in [3.05, 3.63) is 12.2 Å². The number of carbonyl (C=O) groups is 4. The Balaban J connectivity index is 1.91. The average molecular weight is 1710 g/mol. The fourth-order valence-electron chi connectivity index (χ4n) is 15.9. The summed E-state index contributed by atoms with van der Waals surface area (Å²) in [4.78, 5) is 66.5. The van der Waals surface area contributed by atoms with Gasteiger partial charge in [-0.2, -0.15) is 0 Å². The van der Waals surface area contributed by atoms with Crippen LogP contribution < -0.4 is 0 Å². The van der Waals surface area contributed by atoms with Gasteiger partial charge in [-0.05, 0) is 51.4 Å². The van der Waals surface area contributed by atoms with Crippen molar-refractivity contribution in [1.82, 2.24) is 0 Å². The molecule has 3 aliphatic rings.